The molecule has 1 aliphatic heterocycles. The quantitative estimate of drug-likeness (QED) is 0.736. The third-order valence-corrected chi connectivity index (χ3v) is 6.97. The average molecular weight is 312 g/mol. The summed E-state index contributed by atoms with van der Waals surface area (Å²) in [5, 5.41) is 2.86. The predicted octanol–water partition coefficient (Wildman–Crippen LogP) is -0.177. The van der Waals surface area contributed by atoms with Crippen molar-refractivity contribution in [2.75, 3.05) is 31.6 Å². The largest absolute Gasteiger partial charge is 0.313 e. The van der Waals surface area contributed by atoms with Gasteiger partial charge in [-0.2, -0.15) is 0 Å². The fourth-order valence-corrected chi connectivity index (χ4v) is 3.78. The van der Waals surface area contributed by atoms with E-state index < -0.39 is 19.9 Å². The summed E-state index contributed by atoms with van der Waals surface area (Å²) in [7, 11) is -6.10. The Morgan fingerprint density at radius 2 is 1.68 bits per heavy atom. The van der Waals surface area contributed by atoms with E-state index in [-0.39, 0.29) is 17.0 Å². The van der Waals surface area contributed by atoms with Crippen molar-refractivity contribution in [1.29, 1.82) is 0 Å². The van der Waals surface area contributed by atoms with Crippen molar-refractivity contribution in [3.8, 4) is 0 Å². The van der Waals surface area contributed by atoms with Crippen LogP contribution in [0.2, 0.25) is 0 Å². The minimum absolute atomic E-state index is 0.136. The lowest BCUT2D eigenvalue weighted by atomic mass is 10.1. The van der Waals surface area contributed by atoms with Crippen molar-refractivity contribution in [2.24, 2.45) is 0 Å². The fraction of sp³-hybridized carbons (Fsp3) is 1.00. The van der Waals surface area contributed by atoms with Gasteiger partial charge in [-0.25, -0.2) is 21.1 Å². The van der Waals surface area contributed by atoms with Crippen LogP contribution < -0.4 is 5.32 Å². The molecule has 1 heterocycles. The Bertz CT molecular complexity index is 477. The zero-order valence-corrected chi connectivity index (χ0v) is 13.4. The van der Waals surface area contributed by atoms with Crippen LogP contribution in [0, 0.1) is 0 Å². The number of sulfonamides is 1. The molecule has 1 saturated heterocycles. The number of rotatable bonds is 6. The molecule has 0 amide bonds. The van der Waals surface area contributed by atoms with E-state index in [2.05, 4.69) is 5.32 Å². The van der Waals surface area contributed by atoms with E-state index in [0.29, 0.717) is 19.6 Å². The molecule has 0 spiro atoms. The summed E-state index contributed by atoms with van der Waals surface area (Å²) in [6.45, 7) is 4.81. The first-order valence-corrected chi connectivity index (χ1v) is 10.1. The van der Waals surface area contributed by atoms with Gasteiger partial charge in [-0.05, 0) is 26.7 Å². The molecular weight excluding hydrogens is 288 g/mol. The van der Waals surface area contributed by atoms with Gasteiger partial charge in [0, 0.05) is 25.7 Å². The molecular formula is C11H24N2O4S2. The number of nitrogens with zero attached hydrogens (tertiary/aromatic N) is 1. The van der Waals surface area contributed by atoms with Gasteiger partial charge in [0.2, 0.25) is 10.0 Å². The number of hydrogen-bond acceptors (Lipinski definition) is 5. The minimum Gasteiger partial charge on any atom is -0.313 e. The number of piperidine rings is 1. The van der Waals surface area contributed by atoms with E-state index in [9.17, 15) is 16.8 Å². The van der Waals surface area contributed by atoms with Crippen LogP contribution in [0.3, 0.4) is 0 Å². The molecule has 0 aliphatic carbocycles. The third kappa shape index (κ3) is 5.37. The van der Waals surface area contributed by atoms with Crippen molar-refractivity contribution < 1.29 is 16.8 Å². The molecule has 1 fully saturated rings. The fourth-order valence-electron chi connectivity index (χ4n) is 2.03. The molecule has 1 aliphatic rings. The van der Waals surface area contributed by atoms with Crippen molar-refractivity contribution in [2.45, 2.75) is 38.0 Å². The summed E-state index contributed by atoms with van der Waals surface area (Å²) in [6, 6.07) is 0.209. The van der Waals surface area contributed by atoms with Crippen LogP contribution in [0.4, 0.5) is 0 Å². The molecule has 0 aromatic heterocycles. The highest BCUT2D eigenvalue weighted by molar-refractivity contribution is 7.92. The average Bonchev–Trinajstić information content (AvgIpc) is 2.28. The zero-order chi connectivity index (χ0) is 14.7. The smallest absolute Gasteiger partial charge is 0.211 e. The number of nitrogens with one attached hydrogen (secondary N) is 1. The van der Waals surface area contributed by atoms with E-state index >= 15 is 0 Å². The van der Waals surface area contributed by atoms with Crippen LogP contribution in [0.25, 0.3) is 0 Å². The molecule has 0 atom stereocenters. The molecule has 0 aromatic rings. The first-order chi connectivity index (χ1) is 8.63. The molecule has 0 radical (unpaired) electrons. The van der Waals surface area contributed by atoms with Gasteiger partial charge in [0.05, 0.1) is 17.3 Å². The maximum Gasteiger partial charge on any atom is 0.211 e. The Kier molecular flexibility index (Phi) is 5.78. The minimum atomic E-state index is -3.09. The van der Waals surface area contributed by atoms with Gasteiger partial charge in [0.15, 0.2) is 9.84 Å². The first kappa shape index (κ1) is 16.9. The maximum absolute atomic E-state index is 11.6. The van der Waals surface area contributed by atoms with Crippen LogP contribution in [0.15, 0.2) is 0 Å². The van der Waals surface area contributed by atoms with Crippen LogP contribution in [-0.2, 0) is 19.9 Å². The van der Waals surface area contributed by atoms with Crippen molar-refractivity contribution in [1.82, 2.24) is 9.62 Å². The highest BCUT2D eigenvalue weighted by Gasteiger charge is 2.25. The van der Waals surface area contributed by atoms with Crippen LogP contribution in [0.5, 0.6) is 0 Å². The Hall–Kier alpha value is -0.180. The van der Waals surface area contributed by atoms with Gasteiger partial charge in [-0.3, -0.25) is 0 Å². The Labute approximate surface area is 116 Å². The lowest BCUT2D eigenvalue weighted by Gasteiger charge is -2.30. The molecule has 1 N–H and O–H groups in total. The van der Waals surface area contributed by atoms with Crippen molar-refractivity contribution in [3.63, 3.8) is 0 Å². The Balaban J connectivity index is 2.31. The first-order valence-electron chi connectivity index (χ1n) is 6.53. The lowest BCUT2D eigenvalue weighted by molar-refractivity contribution is 0.294. The topological polar surface area (TPSA) is 83.6 Å². The van der Waals surface area contributed by atoms with E-state index in [1.54, 1.807) is 13.8 Å². The van der Waals surface area contributed by atoms with Crippen LogP contribution in [0.1, 0.15) is 26.7 Å². The molecule has 0 aromatic carbocycles. The van der Waals surface area contributed by atoms with Gasteiger partial charge in [-0.15, -0.1) is 0 Å². The summed E-state index contributed by atoms with van der Waals surface area (Å²) in [5.41, 5.74) is 0. The van der Waals surface area contributed by atoms with E-state index in [4.69, 9.17) is 0 Å². The van der Waals surface area contributed by atoms with E-state index in [1.165, 1.54) is 10.6 Å². The summed E-state index contributed by atoms with van der Waals surface area (Å²) in [6.07, 6.45) is 2.68. The second kappa shape index (κ2) is 6.51. The van der Waals surface area contributed by atoms with Gasteiger partial charge in [0.1, 0.15) is 0 Å². The normalized spacial score (nSPS) is 20.0. The Morgan fingerprint density at radius 1 is 1.16 bits per heavy atom. The Morgan fingerprint density at radius 3 is 2.11 bits per heavy atom. The molecule has 114 valence electrons. The molecule has 0 unspecified atom stereocenters. The van der Waals surface area contributed by atoms with Gasteiger partial charge < -0.3 is 5.32 Å². The zero-order valence-electron chi connectivity index (χ0n) is 11.8. The number of sulfone groups is 1. The van der Waals surface area contributed by atoms with Crippen LogP contribution >= 0.6 is 0 Å². The summed E-state index contributed by atoms with van der Waals surface area (Å²) in [5.74, 6) is 0.136. The summed E-state index contributed by atoms with van der Waals surface area (Å²) in [4.78, 5) is 0. The molecule has 6 nitrogen and oxygen atoms in total. The molecule has 8 heteroatoms. The lowest BCUT2D eigenvalue weighted by Crippen LogP contribution is -2.45. The van der Waals surface area contributed by atoms with Crippen LogP contribution in [-0.4, -0.2) is 64.1 Å². The summed E-state index contributed by atoms with van der Waals surface area (Å²) >= 11 is 0. The predicted molar refractivity (Wildman–Crippen MR) is 76.4 cm³/mol. The van der Waals surface area contributed by atoms with Crippen molar-refractivity contribution >= 4 is 19.9 Å². The molecule has 1 rings (SSSR count). The standard InChI is InChI=1S/C11H24N2O4S2/c1-10(2)19(16,17)9-6-12-11-4-7-13(8-5-11)18(3,14)15/h10-12H,4-9H2,1-3H3. The highest BCUT2D eigenvalue weighted by atomic mass is 32.2. The van der Waals surface area contributed by atoms with Gasteiger partial charge in [0.25, 0.3) is 0 Å². The van der Waals surface area contributed by atoms with E-state index in [1.807, 2.05) is 0 Å². The highest BCUT2D eigenvalue weighted by Crippen LogP contribution is 2.13. The van der Waals surface area contributed by atoms with Crippen molar-refractivity contribution in [3.05, 3.63) is 0 Å². The van der Waals surface area contributed by atoms with Gasteiger partial charge in [-0.1, -0.05) is 0 Å². The second-order valence-electron chi connectivity index (χ2n) is 5.31. The van der Waals surface area contributed by atoms with Gasteiger partial charge >= 0.3 is 0 Å². The molecule has 0 bridgehead atoms. The molecule has 19 heavy (non-hydrogen) atoms. The SMILES string of the molecule is CC(C)S(=O)(=O)CCNC1CCN(S(C)(=O)=O)CC1. The second-order valence-corrected chi connectivity index (χ2v) is 9.97. The monoisotopic (exact) mass is 312 g/mol. The molecule has 0 saturated carbocycles. The summed E-state index contributed by atoms with van der Waals surface area (Å²) < 4.78 is 47.4. The third-order valence-electron chi connectivity index (χ3n) is 3.46. The number of hydrogen-bond donors (Lipinski definition) is 1. The van der Waals surface area contributed by atoms with E-state index in [0.717, 1.165) is 12.8 Å². The maximum atomic E-state index is 11.6.